The quantitative estimate of drug-likeness (QED) is 0.723. The van der Waals surface area contributed by atoms with Crippen LogP contribution in [0.5, 0.6) is 0 Å². The van der Waals surface area contributed by atoms with Crippen molar-refractivity contribution in [3.05, 3.63) is 0 Å². The van der Waals surface area contributed by atoms with Crippen molar-refractivity contribution in [1.29, 1.82) is 0 Å². The minimum atomic E-state index is 0.830. The van der Waals surface area contributed by atoms with Crippen molar-refractivity contribution >= 4 is 0 Å². The zero-order valence-electron chi connectivity index (χ0n) is 13.6. The average Bonchev–Trinajstić information content (AvgIpc) is 2.38. The lowest BCUT2D eigenvalue weighted by Gasteiger charge is -2.37. The van der Waals surface area contributed by atoms with Gasteiger partial charge in [0.15, 0.2) is 0 Å². The van der Waals surface area contributed by atoms with Gasteiger partial charge in [0.2, 0.25) is 0 Å². The van der Waals surface area contributed by atoms with Gasteiger partial charge in [-0.3, -0.25) is 4.90 Å². The van der Waals surface area contributed by atoms with Gasteiger partial charge in [0.25, 0.3) is 0 Å². The largest absolute Gasteiger partial charge is 0.308 e. The molecular formula is C15H35N3. The summed E-state index contributed by atoms with van der Waals surface area (Å²) >= 11 is 0. The molecule has 0 aliphatic carbocycles. The molecule has 3 heteroatoms. The fourth-order valence-corrected chi connectivity index (χ4v) is 2.45. The third-order valence-electron chi connectivity index (χ3n) is 3.55. The minimum absolute atomic E-state index is 0.830. The second-order valence-corrected chi connectivity index (χ2v) is 5.37. The van der Waals surface area contributed by atoms with Gasteiger partial charge in [0, 0.05) is 19.1 Å². The Hall–Kier alpha value is -0.120. The highest BCUT2D eigenvalue weighted by molar-refractivity contribution is 4.78. The summed E-state index contributed by atoms with van der Waals surface area (Å²) in [7, 11) is 6.57. The van der Waals surface area contributed by atoms with Crippen LogP contribution < -0.4 is 0 Å². The standard InChI is InChI=1S/C13H29N3.C2H6/c1-5-8-16(12-11-14(2)3)13-6-9-15(4)10-7-13;1-2/h13H,5-12H2,1-4H3;1-2H3. The van der Waals surface area contributed by atoms with E-state index in [2.05, 4.69) is 42.8 Å². The fourth-order valence-electron chi connectivity index (χ4n) is 2.45. The molecule has 0 aromatic heterocycles. The maximum Gasteiger partial charge on any atom is 0.0120 e. The van der Waals surface area contributed by atoms with Crippen molar-refractivity contribution in [1.82, 2.24) is 14.7 Å². The maximum atomic E-state index is 2.70. The topological polar surface area (TPSA) is 9.72 Å². The molecule has 0 bridgehead atoms. The molecule has 1 aliphatic rings. The number of likely N-dealkylation sites (N-methyl/N-ethyl adjacent to an activating group) is 1. The normalized spacial score (nSPS) is 18.0. The Bertz CT molecular complexity index is 175. The van der Waals surface area contributed by atoms with Crippen molar-refractivity contribution < 1.29 is 0 Å². The Morgan fingerprint density at radius 3 is 2.00 bits per heavy atom. The van der Waals surface area contributed by atoms with Crippen LogP contribution in [0, 0.1) is 0 Å². The zero-order chi connectivity index (χ0) is 14.0. The van der Waals surface area contributed by atoms with Crippen LogP contribution in [-0.2, 0) is 0 Å². The van der Waals surface area contributed by atoms with E-state index in [-0.39, 0.29) is 0 Å². The van der Waals surface area contributed by atoms with E-state index in [9.17, 15) is 0 Å². The third kappa shape index (κ3) is 7.34. The molecule has 1 rings (SSSR count). The van der Waals surface area contributed by atoms with Crippen LogP contribution in [0.25, 0.3) is 0 Å². The second-order valence-electron chi connectivity index (χ2n) is 5.37. The lowest BCUT2D eigenvalue weighted by Crippen LogP contribution is -2.46. The van der Waals surface area contributed by atoms with E-state index in [0.717, 1.165) is 6.04 Å². The van der Waals surface area contributed by atoms with Gasteiger partial charge in [-0.1, -0.05) is 20.8 Å². The van der Waals surface area contributed by atoms with E-state index < -0.39 is 0 Å². The summed E-state index contributed by atoms with van der Waals surface area (Å²) in [5.74, 6) is 0. The van der Waals surface area contributed by atoms with Crippen LogP contribution in [0.4, 0.5) is 0 Å². The zero-order valence-corrected chi connectivity index (χ0v) is 13.6. The second kappa shape index (κ2) is 10.8. The van der Waals surface area contributed by atoms with Gasteiger partial charge >= 0.3 is 0 Å². The van der Waals surface area contributed by atoms with E-state index in [1.54, 1.807) is 0 Å². The number of piperidine rings is 1. The molecule has 1 fully saturated rings. The summed E-state index contributed by atoms with van der Waals surface area (Å²) in [6, 6.07) is 0.830. The van der Waals surface area contributed by atoms with E-state index >= 15 is 0 Å². The van der Waals surface area contributed by atoms with Crippen molar-refractivity contribution in [2.45, 2.75) is 46.1 Å². The van der Waals surface area contributed by atoms with Gasteiger partial charge in [-0.25, -0.2) is 0 Å². The van der Waals surface area contributed by atoms with Crippen LogP contribution in [0.2, 0.25) is 0 Å². The SMILES string of the molecule is CC.CCCN(CCN(C)C)C1CCN(C)CC1. The molecule has 0 amide bonds. The number of hydrogen-bond donors (Lipinski definition) is 0. The highest BCUT2D eigenvalue weighted by Gasteiger charge is 2.22. The summed E-state index contributed by atoms with van der Waals surface area (Å²) in [6.07, 6.45) is 3.98. The summed E-state index contributed by atoms with van der Waals surface area (Å²) in [6.45, 7) is 12.5. The Labute approximate surface area is 115 Å². The van der Waals surface area contributed by atoms with Crippen LogP contribution in [0.3, 0.4) is 0 Å². The van der Waals surface area contributed by atoms with Crippen molar-refractivity contribution in [3.8, 4) is 0 Å². The Balaban J connectivity index is 0.00000137. The van der Waals surface area contributed by atoms with E-state index in [0.29, 0.717) is 0 Å². The Kier molecular flexibility index (Phi) is 10.7. The smallest absolute Gasteiger partial charge is 0.0120 e. The summed E-state index contributed by atoms with van der Waals surface area (Å²) in [5, 5.41) is 0. The molecule has 0 saturated carbocycles. The molecule has 0 atom stereocenters. The number of hydrogen-bond acceptors (Lipinski definition) is 3. The molecule has 0 radical (unpaired) electrons. The molecular weight excluding hydrogens is 222 g/mol. The molecule has 1 heterocycles. The van der Waals surface area contributed by atoms with Gasteiger partial charge in [0.05, 0.1) is 0 Å². The van der Waals surface area contributed by atoms with Crippen LogP contribution in [0.15, 0.2) is 0 Å². The predicted molar refractivity (Wildman–Crippen MR) is 82.3 cm³/mol. The van der Waals surface area contributed by atoms with Gasteiger partial charge in [-0.05, 0) is 60.0 Å². The summed E-state index contributed by atoms with van der Waals surface area (Å²) < 4.78 is 0. The minimum Gasteiger partial charge on any atom is -0.308 e. The molecule has 3 nitrogen and oxygen atoms in total. The predicted octanol–water partition coefficient (Wildman–Crippen LogP) is 2.38. The first-order valence-corrected chi connectivity index (χ1v) is 7.70. The van der Waals surface area contributed by atoms with Gasteiger partial charge in [-0.15, -0.1) is 0 Å². The Morgan fingerprint density at radius 1 is 1.00 bits per heavy atom. The molecule has 1 aliphatic heterocycles. The van der Waals surface area contributed by atoms with Gasteiger partial charge < -0.3 is 9.80 Å². The van der Waals surface area contributed by atoms with E-state index in [1.165, 1.54) is 52.0 Å². The van der Waals surface area contributed by atoms with E-state index in [1.807, 2.05) is 13.8 Å². The summed E-state index contributed by atoms with van der Waals surface area (Å²) in [4.78, 5) is 7.44. The molecule has 1 saturated heterocycles. The first-order valence-electron chi connectivity index (χ1n) is 7.70. The molecule has 0 aromatic rings. The first-order chi connectivity index (χ1) is 8.63. The van der Waals surface area contributed by atoms with Crippen molar-refractivity contribution in [2.24, 2.45) is 0 Å². The molecule has 0 N–H and O–H groups in total. The monoisotopic (exact) mass is 257 g/mol. The number of likely N-dealkylation sites (tertiary alicyclic amines) is 1. The molecule has 18 heavy (non-hydrogen) atoms. The van der Waals surface area contributed by atoms with Crippen molar-refractivity contribution in [3.63, 3.8) is 0 Å². The number of rotatable bonds is 6. The third-order valence-corrected chi connectivity index (χ3v) is 3.55. The molecule has 110 valence electrons. The van der Waals surface area contributed by atoms with Crippen molar-refractivity contribution in [2.75, 3.05) is 53.9 Å². The molecule has 0 spiro atoms. The van der Waals surface area contributed by atoms with Gasteiger partial charge in [0.1, 0.15) is 0 Å². The molecule has 0 unspecified atom stereocenters. The highest BCUT2D eigenvalue weighted by atomic mass is 15.2. The van der Waals surface area contributed by atoms with Crippen LogP contribution in [-0.4, -0.2) is 74.6 Å². The van der Waals surface area contributed by atoms with Crippen LogP contribution >= 0.6 is 0 Å². The first kappa shape index (κ1) is 17.9. The molecule has 0 aromatic carbocycles. The average molecular weight is 257 g/mol. The Morgan fingerprint density at radius 2 is 1.56 bits per heavy atom. The van der Waals surface area contributed by atoms with Gasteiger partial charge in [-0.2, -0.15) is 0 Å². The maximum absolute atomic E-state index is 2.70. The van der Waals surface area contributed by atoms with E-state index in [4.69, 9.17) is 0 Å². The lowest BCUT2D eigenvalue weighted by molar-refractivity contribution is 0.113. The lowest BCUT2D eigenvalue weighted by atomic mass is 10.0. The highest BCUT2D eigenvalue weighted by Crippen LogP contribution is 2.15. The number of nitrogens with zero attached hydrogens (tertiary/aromatic N) is 3. The summed E-state index contributed by atoms with van der Waals surface area (Å²) in [5.41, 5.74) is 0. The fraction of sp³-hybridized carbons (Fsp3) is 1.00. The van der Waals surface area contributed by atoms with Crippen LogP contribution in [0.1, 0.15) is 40.0 Å².